The minimum Gasteiger partial charge on any atom is -0.349 e. The summed E-state index contributed by atoms with van der Waals surface area (Å²) in [6.07, 6.45) is 4.96. The van der Waals surface area contributed by atoms with E-state index in [0.29, 0.717) is 6.54 Å². The highest BCUT2D eigenvalue weighted by molar-refractivity contribution is 7.10. The molecule has 1 aliphatic carbocycles. The Balaban J connectivity index is 0.00000200. The zero-order chi connectivity index (χ0) is 13.9. The smallest absolute Gasteiger partial charge is 0.227 e. The summed E-state index contributed by atoms with van der Waals surface area (Å²) in [4.78, 5) is 14.0. The average Bonchev–Trinajstić information content (AvgIpc) is 2.91. The second-order valence-electron chi connectivity index (χ2n) is 5.41. The van der Waals surface area contributed by atoms with Crippen LogP contribution in [0.4, 0.5) is 0 Å². The minimum absolute atomic E-state index is 0. The van der Waals surface area contributed by atoms with Crippen LogP contribution in [0.15, 0.2) is 11.4 Å². The molecule has 1 aromatic heterocycles. The number of fused-ring (bicyclic) bond motifs is 1. The van der Waals surface area contributed by atoms with Crippen molar-refractivity contribution in [2.45, 2.75) is 52.0 Å². The predicted molar refractivity (Wildman–Crippen MR) is 87.5 cm³/mol. The molecule has 0 spiro atoms. The predicted octanol–water partition coefficient (Wildman–Crippen LogP) is 3.43. The number of rotatable bonds is 5. The molecule has 0 radical (unpaired) electrons. The van der Waals surface area contributed by atoms with Crippen LogP contribution in [0.1, 0.15) is 56.0 Å². The van der Waals surface area contributed by atoms with E-state index < -0.39 is 5.41 Å². The molecule has 1 unspecified atom stereocenters. The van der Waals surface area contributed by atoms with E-state index in [-0.39, 0.29) is 24.4 Å². The Kier molecular flexibility index (Phi) is 6.49. The van der Waals surface area contributed by atoms with E-state index in [9.17, 15) is 4.79 Å². The Morgan fingerprint density at radius 3 is 2.80 bits per heavy atom. The Hall–Kier alpha value is -0.580. The summed E-state index contributed by atoms with van der Waals surface area (Å²) >= 11 is 1.80. The van der Waals surface area contributed by atoms with E-state index in [1.165, 1.54) is 10.4 Å². The molecule has 2 rings (SSSR count). The third-order valence-electron chi connectivity index (χ3n) is 4.58. The SMILES string of the molecule is CCC(CC)(CN)C(=O)NC1CCCc2sccc21.Cl. The summed E-state index contributed by atoms with van der Waals surface area (Å²) in [5.41, 5.74) is 6.78. The van der Waals surface area contributed by atoms with Crippen molar-refractivity contribution in [2.75, 3.05) is 6.54 Å². The van der Waals surface area contributed by atoms with E-state index in [1.54, 1.807) is 11.3 Å². The van der Waals surface area contributed by atoms with Crippen LogP contribution in [-0.2, 0) is 11.2 Å². The number of nitrogens with two attached hydrogens (primary N) is 1. The number of hydrogen-bond donors (Lipinski definition) is 2. The monoisotopic (exact) mass is 316 g/mol. The summed E-state index contributed by atoms with van der Waals surface area (Å²) in [6.45, 7) is 4.52. The normalized spacial score (nSPS) is 18.1. The van der Waals surface area contributed by atoms with Gasteiger partial charge >= 0.3 is 0 Å². The first-order valence-corrected chi connectivity index (χ1v) is 8.12. The number of thiophene rings is 1. The van der Waals surface area contributed by atoms with Crippen LogP contribution in [0.3, 0.4) is 0 Å². The van der Waals surface area contributed by atoms with Gasteiger partial charge < -0.3 is 11.1 Å². The van der Waals surface area contributed by atoms with Crippen molar-refractivity contribution in [1.29, 1.82) is 0 Å². The molecule has 1 aliphatic rings. The lowest BCUT2D eigenvalue weighted by Gasteiger charge is -2.32. The number of aryl methyl sites for hydroxylation is 1. The van der Waals surface area contributed by atoms with Crippen LogP contribution in [-0.4, -0.2) is 12.5 Å². The molecule has 3 N–H and O–H groups in total. The summed E-state index contributed by atoms with van der Waals surface area (Å²) in [7, 11) is 0. The van der Waals surface area contributed by atoms with Crippen molar-refractivity contribution in [3.05, 3.63) is 21.9 Å². The van der Waals surface area contributed by atoms with Gasteiger partial charge in [0.2, 0.25) is 5.91 Å². The van der Waals surface area contributed by atoms with Crippen molar-refractivity contribution < 1.29 is 4.79 Å². The fourth-order valence-electron chi connectivity index (χ4n) is 2.90. The number of amides is 1. The molecule has 1 aromatic rings. The molecule has 114 valence electrons. The first kappa shape index (κ1) is 17.5. The molecule has 20 heavy (non-hydrogen) atoms. The van der Waals surface area contributed by atoms with Gasteiger partial charge in [-0.1, -0.05) is 13.8 Å². The lowest BCUT2D eigenvalue weighted by Crippen LogP contribution is -2.46. The standard InChI is InChI=1S/C15H24N2OS.ClH/c1-3-15(4-2,10-16)14(18)17-12-6-5-7-13-11(12)8-9-19-13;/h8-9,12H,3-7,10,16H2,1-2H3,(H,17,18);1H. The van der Waals surface area contributed by atoms with Gasteiger partial charge in [0.15, 0.2) is 0 Å². The van der Waals surface area contributed by atoms with Gasteiger partial charge in [0, 0.05) is 11.4 Å². The average molecular weight is 317 g/mol. The molecule has 0 fully saturated rings. The van der Waals surface area contributed by atoms with Crippen molar-refractivity contribution in [1.82, 2.24) is 5.32 Å². The minimum atomic E-state index is -0.395. The Morgan fingerprint density at radius 2 is 2.20 bits per heavy atom. The van der Waals surface area contributed by atoms with Crippen LogP contribution in [0.25, 0.3) is 0 Å². The zero-order valence-corrected chi connectivity index (χ0v) is 13.9. The number of carbonyl (C=O) groups excluding carboxylic acids is 1. The van der Waals surface area contributed by atoms with Gasteiger partial charge in [0.25, 0.3) is 0 Å². The number of nitrogens with one attached hydrogen (secondary N) is 1. The second-order valence-corrected chi connectivity index (χ2v) is 6.41. The molecular weight excluding hydrogens is 292 g/mol. The first-order valence-electron chi connectivity index (χ1n) is 7.24. The van der Waals surface area contributed by atoms with Gasteiger partial charge in [-0.3, -0.25) is 4.79 Å². The topological polar surface area (TPSA) is 55.1 Å². The van der Waals surface area contributed by atoms with Gasteiger partial charge in [0.05, 0.1) is 11.5 Å². The fraction of sp³-hybridized carbons (Fsp3) is 0.667. The maximum Gasteiger partial charge on any atom is 0.227 e. The van der Waals surface area contributed by atoms with Gasteiger partial charge in [-0.05, 0) is 49.1 Å². The molecule has 5 heteroatoms. The van der Waals surface area contributed by atoms with E-state index in [1.807, 2.05) is 13.8 Å². The molecule has 0 saturated heterocycles. The van der Waals surface area contributed by atoms with Crippen molar-refractivity contribution in [2.24, 2.45) is 11.1 Å². The van der Waals surface area contributed by atoms with Crippen LogP contribution >= 0.6 is 23.7 Å². The molecule has 0 saturated carbocycles. The fourth-order valence-corrected chi connectivity index (χ4v) is 3.89. The van der Waals surface area contributed by atoms with Crippen LogP contribution in [0.2, 0.25) is 0 Å². The summed E-state index contributed by atoms with van der Waals surface area (Å²) < 4.78 is 0. The molecule has 3 nitrogen and oxygen atoms in total. The Labute approximate surface area is 131 Å². The molecule has 1 heterocycles. The number of halogens is 1. The summed E-state index contributed by atoms with van der Waals surface area (Å²) in [6, 6.07) is 2.35. The molecular formula is C15H25ClN2OS. The van der Waals surface area contributed by atoms with E-state index in [2.05, 4.69) is 16.8 Å². The van der Waals surface area contributed by atoms with Gasteiger partial charge in [-0.2, -0.15) is 0 Å². The Morgan fingerprint density at radius 1 is 1.50 bits per heavy atom. The van der Waals surface area contributed by atoms with Gasteiger partial charge in [0.1, 0.15) is 0 Å². The maximum absolute atomic E-state index is 12.6. The highest BCUT2D eigenvalue weighted by Crippen LogP contribution is 2.34. The molecule has 0 bridgehead atoms. The van der Waals surface area contributed by atoms with E-state index >= 15 is 0 Å². The maximum atomic E-state index is 12.6. The number of carbonyl (C=O) groups is 1. The highest BCUT2D eigenvalue weighted by Gasteiger charge is 2.35. The first-order chi connectivity index (χ1) is 9.16. The highest BCUT2D eigenvalue weighted by atomic mass is 35.5. The third-order valence-corrected chi connectivity index (χ3v) is 5.58. The lowest BCUT2D eigenvalue weighted by atomic mass is 9.80. The van der Waals surface area contributed by atoms with Crippen LogP contribution in [0.5, 0.6) is 0 Å². The van der Waals surface area contributed by atoms with Gasteiger partial charge in [-0.25, -0.2) is 0 Å². The molecule has 0 aliphatic heterocycles. The third kappa shape index (κ3) is 3.18. The van der Waals surface area contributed by atoms with E-state index in [4.69, 9.17) is 5.73 Å². The van der Waals surface area contributed by atoms with Crippen molar-refractivity contribution in [3.63, 3.8) is 0 Å². The van der Waals surface area contributed by atoms with E-state index in [0.717, 1.165) is 32.1 Å². The summed E-state index contributed by atoms with van der Waals surface area (Å²) in [5, 5.41) is 5.37. The lowest BCUT2D eigenvalue weighted by molar-refractivity contribution is -0.132. The van der Waals surface area contributed by atoms with Gasteiger partial charge in [-0.15, -0.1) is 23.7 Å². The number of hydrogen-bond acceptors (Lipinski definition) is 3. The zero-order valence-electron chi connectivity index (χ0n) is 12.3. The van der Waals surface area contributed by atoms with Crippen LogP contribution in [0, 0.1) is 5.41 Å². The van der Waals surface area contributed by atoms with Crippen molar-refractivity contribution in [3.8, 4) is 0 Å². The summed E-state index contributed by atoms with van der Waals surface area (Å²) in [5.74, 6) is 0.129. The quantitative estimate of drug-likeness (QED) is 0.874. The van der Waals surface area contributed by atoms with Crippen LogP contribution < -0.4 is 11.1 Å². The molecule has 1 atom stereocenters. The molecule has 1 amide bonds. The molecule has 0 aromatic carbocycles. The van der Waals surface area contributed by atoms with Crippen molar-refractivity contribution >= 4 is 29.7 Å². The largest absolute Gasteiger partial charge is 0.349 e. The Bertz CT molecular complexity index is 435. The second kappa shape index (κ2) is 7.43.